The van der Waals surface area contributed by atoms with Crippen molar-refractivity contribution in [1.82, 2.24) is 9.80 Å². The van der Waals surface area contributed by atoms with Gasteiger partial charge in [-0.1, -0.05) is 43.2 Å². The molecule has 4 rings (SSSR count). The summed E-state index contributed by atoms with van der Waals surface area (Å²) in [5, 5.41) is 3.10. The van der Waals surface area contributed by atoms with Gasteiger partial charge in [0.2, 0.25) is 5.91 Å². The van der Waals surface area contributed by atoms with Crippen LogP contribution in [0.25, 0.3) is 0 Å². The largest absolute Gasteiger partial charge is 0.366 e. The minimum Gasteiger partial charge on any atom is -0.366 e. The van der Waals surface area contributed by atoms with Crippen LogP contribution in [0.1, 0.15) is 54.4 Å². The minimum absolute atomic E-state index is 0.0359. The van der Waals surface area contributed by atoms with Gasteiger partial charge in [-0.2, -0.15) is 0 Å². The summed E-state index contributed by atoms with van der Waals surface area (Å²) in [5.41, 5.74) is 7.97. The summed E-state index contributed by atoms with van der Waals surface area (Å²) in [7, 11) is 0. The first-order valence-corrected chi connectivity index (χ1v) is 11.8. The topological polar surface area (TPSA) is 78.7 Å². The highest BCUT2D eigenvalue weighted by atomic mass is 16.2. The molecule has 0 aliphatic carbocycles. The first-order valence-electron chi connectivity index (χ1n) is 11.8. The van der Waals surface area contributed by atoms with E-state index in [1.807, 2.05) is 42.5 Å². The molecule has 3 N–H and O–H groups in total. The molecule has 0 saturated carbocycles. The van der Waals surface area contributed by atoms with Crippen molar-refractivity contribution in [3.8, 4) is 0 Å². The maximum atomic E-state index is 13.1. The number of carbonyl (C=O) groups excluding carboxylic acids is 2. The van der Waals surface area contributed by atoms with E-state index in [2.05, 4.69) is 21.2 Å². The number of hydrogen-bond acceptors (Lipinski definition) is 3. The number of para-hydroxylation sites is 1. The average Bonchev–Trinajstić information content (AvgIpc) is 3.07. The fourth-order valence-electron chi connectivity index (χ4n) is 5.17. The maximum absolute atomic E-state index is 13.1. The van der Waals surface area contributed by atoms with Crippen molar-refractivity contribution in [3.63, 3.8) is 0 Å². The molecule has 6 nitrogen and oxygen atoms in total. The van der Waals surface area contributed by atoms with E-state index >= 15 is 0 Å². The fourth-order valence-corrected chi connectivity index (χ4v) is 5.17. The summed E-state index contributed by atoms with van der Waals surface area (Å²) in [5.74, 6) is 0.149. The van der Waals surface area contributed by atoms with Crippen molar-refractivity contribution in [2.75, 3.05) is 25.0 Å². The monoisotopic (exact) mass is 434 g/mol. The molecule has 2 heterocycles. The summed E-state index contributed by atoms with van der Waals surface area (Å²) in [4.78, 5) is 29.2. The molecule has 2 aliphatic rings. The van der Waals surface area contributed by atoms with Gasteiger partial charge >= 0.3 is 6.03 Å². The minimum atomic E-state index is -0.382. The number of piperidine rings is 1. The Kier molecular flexibility index (Phi) is 7.43. The molecule has 2 aromatic carbocycles. The number of urea groups is 1. The number of anilines is 1. The third-order valence-corrected chi connectivity index (χ3v) is 6.88. The molecule has 0 bridgehead atoms. The van der Waals surface area contributed by atoms with Crippen LogP contribution in [-0.4, -0.2) is 47.4 Å². The van der Waals surface area contributed by atoms with Crippen LogP contribution in [0.15, 0.2) is 54.6 Å². The summed E-state index contributed by atoms with van der Waals surface area (Å²) in [6.07, 6.45) is 6.74. The van der Waals surface area contributed by atoms with Crippen LogP contribution in [0, 0.1) is 5.92 Å². The lowest BCUT2D eigenvalue weighted by Crippen LogP contribution is -2.49. The van der Waals surface area contributed by atoms with Crippen LogP contribution in [0.2, 0.25) is 0 Å². The second-order valence-corrected chi connectivity index (χ2v) is 9.08. The van der Waals surface area contributed by atoms with Crippen LogP contribution in [0.4, 0.5) is 10.5 Å². The zero-order valence-corrected chi connectivity index (χ0v) is 18.7. The summed E-state index contributed by atoms with van der Waals surface area (Å²) in [6.45, 7) is 3.69. The SMILES string of the molecule is NC(=O)c1cccc(CN2CCC([C@H]3CCCCCN3C(=O)Nc3ccccc3)CC2)c1. The maximum Gasteiger partial charge on any atom is 0.322 e. The van der Waals surface area contributed by atoms with Crippen molar-refractivity contribution in [3.05, 3.63) is 65.7 Å². The smallest absolute Gasteiger partial charge is 0.322 e. The van der Waals surface area contributed by atoms with Crippen LogP contribution in [-0.2, 0) is 6.54 Å². The first kappa shape index (κ1) is 22.3. The molecule has 0 aromatic heterocycles. The molecule has 0 radical (unpaired) electrons. The number of nitrogens with one attached hydrogen (secondary N) is 1. The zero-order valence-electron chi connectivity index (χ0n) is 18.7. The van der Waals surface area contributed by atoms with Gasteiger partial charge in [-0.05, 0) is 74.5 Å². The number of primary amides is 1. The molecular weight excluding hydrogens is 400 g/mol. The van der Waals surface area contributed by atoms with Gasteiger partial charge in [0.05, 0.1) is 0 Å². The standard InChI is InChI=1S/C26H34N4O2/c27-25(31)22-9-7-8-20(18-22)19-29-16-13-21(14-17-29)24-12-5-2-6-15-30(24)26(32)28-23-10-3-1-4-11-23/h1,3-4,7-11,18,21,24H,2,5-6,12-17,19H2,(H2,27,31)(H,28,32)/t24-/m1/s1. The van der Waals surface area contributed by atoms with Crippen molar-refractivity contribution in [2.24, 2.45) is 11.7 Å². The van der Waals surface area contributed by atoms with Crippen molar-refractivity contribution >= 4 is 17.6 Å². The second-order valence-electron chi connectivity index (χ2n) is 9.08. The van der Waals surface area contributed by atoms with E-state index in [1.54, 1.807) is 6.07 Å². The molecule has 0 unspecified atom stereocenters. The third-order valence-electron chi connectivity index (χ3n) is 6.88. The van der Waals surface area contributed by atoms with Crippen LogP contribution in [0.5, 0.6) is 0 Å². The number of amides is 3. The molecule has 2 aliphatic heterocycles. The van der Waals surface area contributed by atoms with E-state index in [9.17, 15) is 9.59 Å². The molecule has 6 heteroatoms. The molecule has 170 valence electrons. The molecular formula is C26H34N4O2. The Labute approximate surface area is 190 Å². The number of nitrogens with zero attached hydrogens (tertiary/aromatic N) is 2. The molecule has 0 spiro atoms. The van der Waals surface area contributed by atoms with E-state index in [1.165, 1.54) is 12.8 Å². The van der Waals surface area contributed by atoms with Gasteiger partial charge < -0.3 is 16.0 Å². The molecule has 2 fully saturated rings. The third kappa shape index (κ3) is 5.68. The quantitative estimate of drug-likeness (QED) is 0.729. The molecule has 2 aromatic rings. The average molecular weight is 435 g/mol. The highest BCUT2D eigenvalue weighted by Gasteiger charge is 2.34. The van der Waals surface area contributed by atoms with Crippen molar-refractivity contribution in [2.45, 2.75) is 51.1 Å². The van der Waals surface area contributed by atoms with Crippen LogP contribution >= 0.6 is 0 Å². The Morgan fingerprint density at radius 1 is 0.906 bits per heavy atom. The van der Waals surface area contributed by atoms with Gasteiger partial charge in [-0.25, -0.2) is 4.79 Å². The summed E-state index contributed by atoms with van der Waals surface area (Å²) < 4.78 is 0. The van der Waals surface area contributed by atoms with E-state index in [0.29, 0.717) is 17.5 Å². The van der Waals surface area contributed by atoms with Gasteiger partial charge in [0.15, 0.2) is 0 Å². The van der Waals surface area contributed by atoms with E-state index in [0.717, 1.165) is 63.1 Å². The van der Waals surface area contributed by atoms with Gasteiger partial charge in [0.1, 0.15) is 0 Å². The molecule has 2 saturated heterocycles. The number of likely N-dealkylation sites (tertiary alicyclic amines) is 2. The Bertz CT molecular complexity index is 909. The Morgan fingerprint density at radius 2 is 1.69 bits per heavy atom. The summed E-state index contributed by atoms with van der Waals surface area (Å²) >= 11 is 0. The van der Waals surface area contributed by atoms with Crippen molar-refractivity contribution in [1.29, 1.82) is 0 Å². The highest BCUT2D eigenvalue weighted by Crippen LogP contribution is 2.31. The van der Waals surface area contributed by atoms with E-state index < -0.39 is 0 Å². The Balaban J connectivity index is 1.36. The fraction of sp³-hybridized carbons (Fsp3) is 0.462. The second kappa shape index (κ2) is 10.6. The van der Waals surface area contributed by atoms with E-state index in [-0.39, 0.29) is 11.9 Å². The van der Waals surface area contributed by atoms with Gasteiger partial charge in [0, 0.05) is 30.4 Å². The lowest BCUT2D eigenvalue weighted by molar-refractivity contribution is 0.0996. The Morgan fingerprint density at radius 3 is 2.44 bits per heavy atom. The number of benzene rings is 2. The number of carbonyl (C=O) groups is 2. The van der Waals surface area contributed by atoms with Gasteiger partial charge in [-0.3, -0.25) is 9.69 Å². The number of hydrogen-bond donors (Lipinski definition) is 2. The molecule has 1 atom stereocenters. The number of rotatable bonds is 5. The summed E-state index contributed by atoms with van der Waals surface area (Å²) in [6, 6.07) is 17.7. The Hall–Kier alpha value is -2.86. The molecule has 32 heavy (non-hydrogen) atoms. The van der Waals surface area contributed by atoms with Crippen molar-refractivity contribution < 1.29 is 9.59 Å². The van der Waals surface area contributed by atoms with Gasteiger partial charge in [-0.15, -0.1) is 0 Å². The number of nitrogens with two attached hydrogens (primary N) is 1. The predicted molar refractivity (Wildman–Crippen MR) is 127 cm³/mol. The lowest BCUT2D eigenvalue weighted by atomic mass is 9.86. The normalized spacial score (nSPS) is 20.5. The molecule has 3 amide bonds. The zero-order chi connectivity index (χ0) is 22.3. The predicted octanol–water partition coefficient (Wildman–Crippen LogP) is 4.47. The highest BCUT2D eigenvalue weighted by molar-refractivity contribution is 5.92. The van der Waals surface area contributed by atoms with Crippen LogP contribution in [0.3, 0.4) is 0 Å². The van der Waals surface area contributed by atoms with E-state index in [4.69, 9.17) is 5.73 Å². The first-order chi connectivity index (χ1) is 15.6. The van der Waals surface area contributed by atoms with Gasteiger partial charge in [0.25, 0.3) is 0 Å². The lowest BCUT2D eigenvalue weighted by Gasteiger charge is -2.40. The van der Waals surface area contributed by atoms with Crippen LogP contribution < -0.4 is 11.1 Å².